The minimum atomic E-state index is -0.295. The molecule has 128 valence electrons. The van der Waals surface area contributed by atoms with Gasteiger partial charge in [-0.15, -0.1) is 11.8 Å². The number of rotatable bonds is 9. The van der Waals surface area contributed by atoms with Crippen molar-refractivity contribution in [1.82, 2.24) is 0 Å². The van der Waals surface area contributed by atoms with Crippen molar-refractivity contribution in [3.8, 4) is 5.75 Å². The molecule has 0 aromatic heterocycles. The molecule has 0 unspecified atom stereocenters. The van der Waals surface area contributed by atoms with E-state index < -0.39 is 0 Å². The van der Waals surface area contributed by atoms with Gasteiger partial charge in [-0.05, 0) is 25.0 Å². The number of halogens is 1. The molecule has 0 aliphatic heterocycles. The van der Waals surface area contributed by atoms with Crippen LogP contribution in [0.25, 0.3) is 0 Å². The van der Waals surface area contributed by atoms with Gasteiger partial charge in [-0.3, -0.25) is 9.59 Å². The number of carbonyl (C=O) groups is 2. The third kappa shape index (κ3) is 7.14. The minimum absolute atomic E-state index is 0.160. The summed E-state index contributed by atoms with van der Waals surface area (Å²) in [5.41, 5.74) is 1.40. The van der Waals surface area contributed by atoms with E-state index in [1.165, 1.54) is 18.9 Å². The molecule has 1 N–H and O–H groups in total. The van der Waals surface area contributed by atoms with Crippen LogP contribution < -0.4 is 10.1 Å². The molecule has 0 aliphatic carbocycles. The summed E-state index contributed by atoms with van der Waals surface area (Å²) in [4.78, 5) is 23.4. The molecule has 7 heteroatoms. The van der Waals surface area contributed by atoms with Gasteiger partial charge in [0.15, 0.2) is 0 Å². The van der Waals surface area contributed by atoms with Crippen molar-refractivity contribution in [2.24, 2.45) is 0 Å². The van der Waals surface area contributed by atoms with Crippen LogP contribution in [0.1, 0.15) is 25.3 Å². The predicted octanol–water partition coefficient (Wildman–Crippen LogP) is 3.67. The molecule has 0 atom stereocenters. The van der Waals surface area contributed by atoms with E-state index in [0.29, 0.717) is 23.1 Å². The lowest BCUT2D eigenvalue weighted by atomic mass is 10.2. The standard InChI is InChI=1S/C16H22ClNO4S/c1-4-5-6-22-16(20)10-23-9-15(19)18-13-7-11(2)12(17)8-14(13)21-3/h7-8H,4-6,9-10H2,1-3H3,(H,18,19). The van der Waals surface area contributed by atoms with E-state index in [2.05, 4.69) is 5.32 Å². The maximum Gasteiger partial charge on any atom is 0.315 e. The molecule has 1 aromatic rings. The van der Waals surface area contributed by atoms with Crippen LogP contribution in [0, 0.1) is 6.92 Å². The highest BCUT2D eigenvalue weighted by molar-refractivity contribution is 8.00. The second kappa shape index (κ2) is 10.4. The summed E-state index contributed by atoms with van der Waals surface area (Å²) >= 11 is 7.24. The van der Waals surface area contributed by atoms with Crippen LogP contribution in [0.2, 0.25) is 5.02 Å². The zero-order valence-electron chi connectivity index (χ0n) is 13.6. The van der Waals surface area contributed by atoms with E-state index >= 15 is 0 Å². The minimum Gasteiger partial charge on any atom is -0.495 e. The SMILES string of the molecule is CCCCOC(=O)CSCC(=O)Nc1cc(C)c(Cl)cc1OC. The van der Waals surface area contributed by atoms with E-state index in [0.717, 1.165) is 18.4 Å². The topological polar surface area (TPSA) is 64.6 Å². The number of carbonyl (C=O) groups excluding carboxylic acids is 2. The highest BCUT2D eigenvalue weighted by Crippen LogP contribution is 2.30. The van der Waals surface area contributed by atoms with Gasteiger partial charge in [0.1, 0.15) is 5.75 Å². The van der Waals surface area contributed by atoms with Gasteiger partial charge in [0.05, 0.1) is 30.9 Å². The molecular formula is C16H22ClNO4S. The number of ether oxygens (including phenoxy) is 2. The lowest BCUT2D eigenvalue weighted by Crippen LogP contribution is -2.17. The maximum atomic E-state index is 11.9. The van der Waals surface area contributed by atoms with E-state index in [1.807, 2.05) is 13.8 Å². The summed E-state index contributed by atoms with van der Waals surface area (Å²) in [5.74, 6) is 0.312. The van der Waals surface area contributed by atoms with Gasteiger partial charge in [-0.2, -0.15) is 0 Å². The number of amides is 1. The van der Waals surface area contributed by atoms with Crippen molar-refractivity contribution >= 4 is 40.9 Å². The highest BCUT2D eigenvalue weighted by atomic mass is 35.5. The van der Waals surface area contributed by atoms with Crippen LogP contribution in [0.5, 0.6) is 5.75 Å². The second-order valence-electron chi connectivity index (χ2n) is 4.92. The van der Waals surface area contributed by atoms with Gasteiger partial charge in [-0.25, -0.2) is 0 Å². The molecule has 5 nitrogen and oxygen atoms in total. The van der Waals surface area contributed by atoms with Gasteiger partial charge < -0.3 is 14.8 Å². The molecule has 1 amide bonds. The smallest absolute Gasteiger partial charge is 0.315 e. The molecule has 0 radical (unpaired) electrons. The van der Waals surface area contributed by atoms with Crippen molar-refractivity contribution in [2.45, 2.75) is 26.7 Å². The molecule has 1 rings (SSSR count). The van der Waals surface area contributed by atoms with Crippen molar-refractivity contribution < 1.29 is 19.1 Å². The second-order valence-corrected chi connectivity index (χ2v) is 6.31. The Balaban J connectivity index is 2.42. The van der Waals surface area contributed by atoms with Crippen LogP contribution in [0.15, 0.2) is 12.1 Å². The molecule has 0 saturated heterocycles. The zero-order chi connectivity index (χ0) is 17.2. The van der Waals surface area contributed by atoms with Crippen molar-refractivity contribution in [1.29, 1.82) is 0 Å². The number of hydrogen-bond acceptors (Lipinski definition) is 5. The van der Waals surface area contributed by atoms with E-state index in [4.69, 9.17) is 21.1 Å². The first-order valence-electron chi connectivity index (χ1n) is 7.35. The Bertz CT molecular complexity index is 551. The Morgan fingerprint density at radius 3 is 2.70 bits per heavy atom. The van der Waals surface area contributed by atoms with E-state index in [-0.39, 0.29) is 23.4 Å². The highest BCUT2D eigenvalue weighted by Gasteiger charge is 2.11. The number of aryl methyl sites for hydroxylation is 1. The molecule has 23 heavy (non-hydrogen) atoms. The Morgan fingerprint density at radius 1 is 1.30 bits per heavy atom. The molecule has 0 spiro atoms. The number of methoxy groups -OCH3 is 1. The van der Waals surface area contributed by atoms with Gasteiger partial charge >= 0.3 is 5.97 Å². The summed E-state index contributed by atoms with van der Waals surface area (Å²) in [7, 11) is 1.51. The largest absolute Gasteiger partial charge is 0.495 e. The molecule has 0 saturated carbocycles. The summed E-state index contributed by atoms with van der Waals surface area (Å²) in [6, 6.07) is 3.41. The number of nitrogens with one attached hydrogen (secondary N) is 1. The summed E-state index contributed by atoms with van der Waals surface area (Å²) < 4.78 is 10.2. The quantitative estimate of drug-likeness (QED) is 0.538. The first-order chi connectivity index (χ1) is 11.0. The summed E-state index contributed by atoms with van der Waals surface area (Å²) in [5, 5.41) is 3.33. The fraction of sp³-hybridized carbons (Fsp3) is 0.500. The molecule has 0 heterocycles. The average Bonchev–Trinajstić information content (AvgIpc) is 2.51. The van der Waals surface area contributed by atoms with Crippen LogP contribution in [-0.2, 0) is 14.3 Å². The maximum absolute atomic E-state index is 11.9. The van der Waals surface area contributed by atoms with Crippen molar-refractivity contribution in [2.75, 3.05) is 30.5 Å². The van der Waals surface area contributed by atoms with Gasteiger partial charge in [0.25, 0.3) is 0 Å². The number of thioether (sulfide) groups is 1. The first-order valence-corrected chi connectivity index (χ1v) is 8.88. The Hall–Kier alpha value is -1.40. The number of esters is 1. The van der Waals surface area contributed by atoms with Crippen molar-refractivity contribution in [3.05, 3.63) is 22.7 Å². The molecule has 0 bridgehead atoms. The number of hydrogen-bond donors (Lipinski definition) is 1. The Kier molecular flexibility index (Phi) is 8.87. The third-order valence-electron chi connectivity index (χ3n) is 2.97. The van der Waals surface area contributed by atoms with E-state index in [1.54, 1.807) is 12.1 Å². The Morgan fingerprint density at radius 2 is 2.04 bits per heavy atom. The lowest BCUT2D eigenvalue weighted by molar-refractivity contribution is -0.140. The normalized spacial score (nSPS) is 10.3. The summed E-state index contributed by atoms with van der Waals surface area (Å²) in [6.45, 7) is 4.31. The van der Waals surface area contributed by atoms with Gasteiger partial charge in [0, 0.05) is 11.1 Å². The van der Waals surface area contributed by atoms with E-state index in [9.17, 15) is 9.59 Å². The summed E-state index contributed by atoms with van der Waals surface area (Å²) in [6.07, 6.45) is 1.83. The van der Waals surface area contributed by atoms with Crippen LogP contribution in [-0.4, -0.2) is 37.1 Å². The predicted molar refractivity (Wildman–Crippen MR) is 94.6 cm³/mol. The first kappa shape index (κ1) is 19.6. The third-order valence-corrected chi connectivity index (χ3v) is 4.28. The molecule has 0 fully saturated rings. The number of anilines is 1. The number of benzene rings is 1. The van der Waals surface area contributed by atoms with Crippen LogP contribution in [0.3, 0.4) is 0 Å². The van der Waals surface area contributed by atoms with Crippen molar-refractivity contribution in [3.63, 3.8) is 0 Å². The fourth-order valence-corrected chi connectivity index (χ4v) is 2.48. The molecular weight excluding hydrogens is 338 g/mol. The number of unbranched alkanes of at least 4 members (excludes halogenated alkanes) is 1. The Labute approximate surface area is 146 Å². The van der Waals surface area contributed by atoms with Gasteiger partial charge in [0.2, 0.25) is 5.91 Å². The van der Waals surface area contributed by atoms with Crippen LogP contribution >= 0.6 is 23.4 Å². The van der Waals surface area contributed by atoms with Crippen LogP contribution in [0.4, 0.5) is 5.69 Å². The average molecular weight is 360 g/mol. The lowest BCUT2D eigenvalue weighted by Gasteiger charge is -2.12. The fourth-order valence-electron chi connectivity index (χ4n) is 1.72. The zero-order valence-corrected chi connectivity index (χ0v) is 15.2. The molecule has 1 aromatic carbocycles. The molecule has 0 aliphatic rings. The van der Waals surface area contributed by atoms with Gasteiger partial charge in [-0.1, -0.05) is 24.9 Å². The monoisotopic (exact) mass is 359 g/mol.